The van der Waals surface area contributed by atoms with Crippen molar-refractivity contribution in [3.63, 3.8) is 0 Å². The monoisotopic (exact) mass is 352 g/mol. The lowest BCUT2D eigenvalue weighted by Gasteiger charge is -2.23. The predicted octanol–water partition coefficient (Wildman–Crippen LogP) is 2.87. The molecule has 0 saturated carbocycles. The van der Waals surface area contributed by atoms with E-state index in [-0.39, 0.29) is 12.0 Å². The fourth-order valence-electron chi connectivity index (χ4n) is 3.05. The maximum atomic E-state index is 11.8. The number of hydrogen-bond donors (Lipinski definition) is 1. The molecule has 0 radical (unpaired) electrons. The largest absolute Gasteiger partial charge is 0.481 e. The summed E-state index contributed by atoms with van der Waals surface area (Å²) in [6.45, 7) is 2.36. The molecule has 0 amide bonds. The van der Waals surface area contributed by atoms with Crippen molar-refractivity contribution in [1.82, 2.24) is 15.2 Å². The van der Waals surface area contributed by atoms with E-state index >= 15 is 0 Å². The van der Waals surface area contributed by atoms with Crippen LogP contribution in [-0.2, 0) is 4.79 Å². The highest BCUT2D eigenvalue weighted by atomic mass is 35.5. The standard InChI is InChI=1S/C15H14Cl2N4O2/c1-8-14(15(22)23)10(11-3-2-9(16)6-18-11)7-21(8)13-5-4-12(17)19-20-13/h2-6,8,10,14H,7H2,1H3,(H,22,23)/t8?,10-,14+/m0/s1. The molecule has 2 aromatic heterocycles. The normalized spacial score (nSPS) is 24.0. The summed E-state index contributed by atoms with van der Waals surface area (Å²) in [5, 5.41) is 18.3. The molecule has 1 N–H and O–H groups in total. The average Bonchev–Trinajstić information content (AvgIpc) is 2.86. The molecule has 23 heavy (non-hydrogen) atoms. The number of carbonyl (C=O) groups is 1. The van der Waals surface area contributed by atoms with Crippen molar-refractivity contribution in [3.05, 3.63) is 46.3 Å². The summed E-state index contributed by atoms with van der Waals surface area (Å²) in [5.41, 5.74) is 0.707. The van der Waals surface area contributed by atoms with E-state index in [1.807, 2.05) is 11.8 Å². The highest BCUT2D eigenvalue weighted by Gasteiger charge is 2.45. The zero-order valence-electron chi connectivity index (χ0n) is 12.2. The maximum absolute atomic E-state index is 11.8. The topological polar surface area (TPSA) is 79.2 Å². The van der Waals surface area contributed by atoms with Crippen LogP contribution in [0.15, 0.2) is 30.5 Å². The van der Waals surface area contributed by atoms with Gasteiger partial charge in [0.05, 0.1) is 10.9 Å². The molecule has 3 atom stereocenters. The van der Waals surface area contributed by atoms with Crippen molar-refractivity contribution in [2.45, 2.75) is 18.9 Å². The number of halogens is 2. The van der Waals surface area contributed by atoms with Crippen LogP contribution in [0.3, 0.4) is 0 Å². The fourth-order valence-corrected chi connectivity index (χ4v) is 3.26. The van der Waals surface area contributed by atoms with E-state index < -0.39 is 11.9 Å². The van der Waals surface area contributed by atoms with Crippen molar-refractivity contribution < 1.29 is 9.90 Å². The first kappa shape index (κ1) is 16.0. The zero-order chi connectivity index (χ0) is 16.6. The lowest BCUT2D eigenvalue weighted by Crippen LogP contribution is -2.33. The third kappa shape index (κ3) is 3.09. The third-order valence-corrected chi connectivity index (χ3v) is 4.59. The molecule has 1 aliphatic rings. The first-order valence-corrected chi connectivity index (χ1v) is 7.83. The minimum absolute atomic E-state index is 0.245. The lowest BCUT2D eigenvalue weighted by atomic mass is 9.88. The Bertz CT molecular complexity index is 708. The second-order valence-electron chi connectivity index (χ2n) is 5.48. The van der Waals surface area contributed by atoms with E-state index in [0.717, 1.165) is 0 Å². The molecule has 0 aliphatic carbocycles. The van der Waals surface area contributed by atoms with Gasteiger partial charge in [-0.1, -0.05) is 23.2 Å². The van der Waals surface area contributed by atoms with E-state index in [2.05, 4.69) is 15.2 Å². The summed E-state index contributed by atoms with van der Waals surface area (Å²) in [6.07, 6.45) is 1.53. The van der Waals surface area contributed by atoms with Gasteiger partial charge < -0.3 is 10.0 Å². The Hall–Kier alpha value is -1.92. The molecule has 120 valence electrons. The molecule has 2 aromatic rings. The minimum atomic E-state index is -0.858. The van der Waals surface area contributed by atoms with Crippen LogP contribution in [0, 0.1) is 5.92 Å². The Morgan fingerprint density at radius 1 is 1.26 bits per heavy atom. The molecule has 1 unspecified atom stereocenters. The van der Waals surface area contributed by atoms with Gasteiger partial charge in [-0.05, 0) is 31.2 Å². The number of aromatic nitrogens is 3. The molecule has 1 aliphatic heterocycles. The summed E-state index contributed by atoms with van der Waals surface area (Å²) in [7, 11) is 0. The first-order valence-electron chi connectivity index (χ1n) is 7.07. The number of anilines is 1. The summed E-state index contributed by atoms with van der Waals surface area (Å²) in [5.74, 6) is -1.10. The number of pyridine rings is 1. The molecule has 3 heterocycles. The Balaban J connectivity index is 1.95. The van der Waals surface area contributed by atoms with Crippen molar-refractivity contribution in [2.24, 2.45) is 5.92 Å². The number of aliphatic carboxylic acids is 1. The van der Waals surface area contributed by atoms with E-state index in [1.165, 1.54) is 6.20 Å². The van der Waals surface area contributed by atoms with Crippen LogP contribution in [0.4, 0.5) is 5.82 Å². The highest BCUT2D eigenvalue weighted by Crippen LogP contribution is 2.38. The maximum Gasteiger partial charge on any atom is 0.309 e. The third-order valence-electron chi connectivity index (χ3n) is 4.17. The van der Waals surface area contributed by atoms with Crippen LogP contribution in [-0.4, -0.2) is 38.8 Å². The summed E-state index contributed by atoms with van der Waals surface area (Å²) in [4.78, 5) is 18.0. The number of carboxylic acid groups (broad SMARTS) is 1. The zero-order valence-corrected chi connectivity index (χ0v) is 13.7. The summed E-state index contributed by atoms with van der Waals surface area (Å²) >= 11 is 11.6. The average molecular weight is 353 g/mol. The number of rotatable bonds is 3. The molecule has 1 saturated heterocycles. The van der Waals surface area contributed by atoms with Gasteiger partial charge in [0.15, 0.2) is 11.0 Å². The fraction of sp³-hybridized carbons (Fsp3) is 0.333. The minimum Gasteiger partial charge on any atom is -0.481 e. The van der Waals surface area contributed by atoms with Gasteiger partial charge in [-0.2, -0.15) is 0 Å². The van der Waals surface area contributed by atoms with Gasteiger partial charge in [0.1, 0.15) is 0 Å². The molecule has 0 aromatic carbocycles. The van der Waals surface area contributed by atoms with Gasteiger partial charge in [-0.3, -0.25) is 9.78 Å². The van der Waals surface area contributed by atoms with E-state index in [4.69, 9.17) is 23.2 Å². The highest BCUT2D eigenvalue weighted by molar-refractivity contribution is 6.30. The van der Waals surface area contributed by atoms with Gasteiger partial charge >= 0.3 is 5.97 Å². The molecule has 3 rings (SSSR count). The Labute approximate surface area is 143 Å². The summed E-state index contributed by atoms with van der Waals surface area (Å²) < 4.78 is 0. The Morgan fingerprint density at radius 2 is 2.04 bits per heavy atom. The lowest BCUT2D eigenvalue weighted by molar-refractivity contribution is -0.142. The van der Waals surface area contributed by atoms with Crippen LogP contribution in [0.5, 0.6) is 0 Å². The van der Waals surface area contributed by atoms with Crippen molar-refractivity contribution in [2.75, 3.05) is 11.4 Å². The van der Waals surface area contributed by atoms with Crippen molar-refractivity contribution in [3.8, 4) is 0 Å². The van der Waals surface area contributed by atoms with E-state index in [0.29, 0.717) is 28.2 Å². The molecular weight excluding hydrogens is 339 g/mol. The molecular formula is C15H14Cl2N4O2. The predicted molar refractivity (Wildman–Crippen MR) is 87.0 cm³/mol. The quantitative estimate of drug-likeness (QED) is 0.914. The van der Waals surface area contributed by atoms with Crippen molar-refractivity contribution >= 4 is 35.0 Å². The summed E-state index contributed by atoms with van der Waals surface area (Å²) in [6, 6.07) is 6.62. The molecule has 6 nitrogen and oxygen atoms in total. The van der Waals surface area contributed by atoms with Crippen LogP contribution in [0.1, 0.15) is 18.5 Å². The van der Waals surface area contributed by atoms with Crippen LogP contribution >= 0.6 is 23.2 Å². The van der Waals surface area contributed by atoms with Gasteiger partial charge in [-0.25, -0.2) is 0 Å². The molecule has 1 fully saturated rings. The number of hydrogen-bond acceptors (Lipinski definition) is 5. The van der Waals surface area contributed by atoms with Crippen molar-refractivity contribution in [1.29, 1.82) is 0 Å². The van der Waals surface area contributed by atoms with Gasteiger partial charge in [0, 0.05) is 30.4 Å². The first-order chi connectivity index (χ1) is 11.0. The van der Waals surface area contributed by atoms with Gasteiger partial charge in [0.25, 0.3) is 0 Å². The second-order valence-corrected chi connectivity index (χ2v) is 6.30. The molecule has 0 spiro atoms. The second kappa shape index (κ2) is 6.29. The van der Waals surface area contributed by atoms with Crippen LogP contribution in [0.2, 0.25) is 10.2 Å². The van der Waals surface area contributed by atoms with Gasteiger partial charge in [0.2, 0.25) is 0 Å². The number of nitrogens with zero attached hydrogens (tertiary/aromatic N) is 4. The van der Waals surface area contributed by atoms with Gasteiger partial charge in [-0.15, -0.1) is 10.2 Å². The number of carboxylic acids is 1. The Morgan fingerprint density at radius 3 is 2.61 bits per heavy atom. The SMILES string of the molecule is CC1[C@@H](C(=O)O)[C@H](c2ccc(Cl)cn2)CN1c1ccc(Cl)nn1. The molecule has 8 heteroatoms. The van der Waals surface area contributed by atoms with E-state index in [9.17, 15) is 9.90 Å². The van der Waals surface area contributed by atoms with Crippen LogP contribution in [0.25, 0.3) is 0 Å². The van der Waals surface area contributed by atoms with Crippen LogP contribution < -0.4 is 4.90 Å². The van der Waals surface area contributed by atoms with E-state index in [1.54, 1.807) is 24.3 Å². The Kier molecular flexibility index (Phi) is 4.37. The molecule has 0 bridgehead atoms. The smallest absolute Gasteiger partial charge is 0.309 e.